The molecular weight excluding hydrogens is 389 g/mol. The molecule has 27 heavy (non-hydrogen) atoms. The number of esters is 2. The third-order valence-electron chi connectivity index (χ3n) is 4.03. The number of hydrogen-bond donors (Lipinski definition) is 0. The van der Waals surface area contributed by atoms with Crippen LogP contribution in [0.15, 0.2) is 54.7 Å². The Balaban J connectivity index is 2.39. The number of rotatable bonds is 4. The van der Waals surface area contributed by atoms with Crippen molar-refractivity contribution in [3.63, 3.8) is 0 Å². The summed E-state index contributed by atoms with van der Waals surface area (Å²) < 4.78 is 11.5. The minimum Gasteiger partial charge on any atom is -0.465 e. The van der Waals surface area contributed by atoms with E-state index in [1.54, 1.807) is 29.0 Å². The molecule has 0 aliphatic heterocycles. The summed E-state index contributed by atoms with van der Waals surface area (Å²) in [6.07, 6.45) is 1.55. The van der Waals surface area contributed by atoms with Gasteiger partial charge in [-0.05, 0) is 24.3 Å². The van der Waals surface area contributed by atoms with Gasteiger partial charge in [0.05, 0.1) is 35.5 Å². The van der Waals surface area contributed by atoms with Crippen LogP contribution in [-0.4, -0.2) is 30.7 Å². The molecule has 0 amide bonds. The van der Waals surface area contributed by atoms with E-state index in [0.717, 1.165) is 5.69 Å². The number of aromatic nitrogens is 1. The van der Waals surface area contributed by atoms with E-state index in [0.29, 0.717) is 21.3 Å². The molecule has 0 N–H and O–H groups in total. The normalized spacial score (nSPS) is 10.5. The van der Waals surface area contributed by atoms with Gasteiger partial charge in [-0.3, -0.25) is 0 Å². The Morgan fingerprint density at radius 2 is 1.56 bits per heavy atom. The largest absolute Gasteiger partial charge is 0.465 e. The lowest BCUT2D eigenvalue weighted by Gasteiger charge is -2.12. The Hall–Kier alpha value is -2.76. The number of nitrogens with zero attached hydrogens (tertiary/aromatic N) is 1. The van der Waals surface area contributed by atoms with Gasteiger partial charge in [-0.2, -0.15) is 0 Å². The van der Waals surface area contributed by atoms with Crippen LogP contribution in [0.4, 0.5) is 0 Å². The van der Waals surface area contributed by atoms with Gasteiger partial charge in [-0.1, -0.05) is 47.5 Å². The Labute approximate surface area is 166 Å². The third kappa shape index (κ3) is 3.56. The van der Waals surface area contributed by atoms with Crippen molar-refractivity contribution in [2.75, 3.05) is 14.2 Å². The molecule has 3 rings (SSSR count). The summed E-state index contributed by atoms with van der Waals surface area (Å²) >= 11 is 12.2. The first-order valence-electron chi connectivity index (χ1n) is 7.90. The lowest BCUT2D eigenvalue weighted by molar-refractivity contribution is 0.0557. The van der Waals surface area contributed by atoms with Crippen LogP contribution in [0, 0.1) is 0 Å². The zero-order valence-corrected chi connectivity index (χ0v) is 16.0. The standard InChI is InChI=1S/C20H15Cl2NO4/c1-26-19(24)14-11-23(13-6-4-3-5-7-13)18(17(14)20(25)27-2)12-8-9-15(21)16(22)10-12/h3-11H,1-2H3. The molecule has 138 valence electrons. The molecule has 0 saturated heterocycles. The Kier molecular flexibility index (Phi) is 5.54. The van der Waals surface area contributed by atoms with Gasteiger partial charge in [0, 0.05) is 17.4 Å². The average Bonchev–Trinajstić information content (AvgIpc) is 3.10. The highest BCUT2D eigenvalue weighted by molar-refractivity contribution is 6.42. The van der Waals surface area contributed by atoms with E-state index in [9.17, 15) is 9.59 Å². The smallest absolute Gasteiger partial charge is 0.340 e. The summed E-state index contributed by atoms with van der Waals surface area (Å²) in [6.45, 7) is 0. The molecule has 0 atom stereocenters. The van der Waals surface area contributed by atoms with Crippen molar-refractivity contribution < 1.29 is 19.1 Å². The highest BCUT2D eigenvalue weighted by Gasteiger charge is 2.29. The van der Waals surface area contributed by atoms with E-state index in [1.165, 1.54) is 14.2 Å². The first-order valence-corrected chi connectivity index (χ1v) is 8.66. The number of carbonyl (C=O) groups is 2. The molecule has 0 saturated carbocycles. The Morgan fingerprint density at radius 1 is 0.889 bits per heavy atom. The minimum atomic E-state index is -0.661. The maximum Gasteiger partial charge on any atom is 0.340 e. The molecule has 2 aromatic carbocycles. The highest BCUT2D eigenvalue weighted by atomic mass is 35.5. The van der Waals surface area contributed by atoms with Crippen molar-refractivity contribution in [1.82, 2.24) is 4.57 Å². The van der Waals surface area contributed by atoms with E-state index in [-0.39, 0.29) is 11.1 Å². The van der Waals surface area contributed by atoms with Gasteiger partial charge in [0.1, 0.15) is 5.56 Å². The second kappa shape index (κ2) is 7.86. The van der Waals surface area contributed by atoms with Crippen LogP contribution in [0.3, 0.4) is 0 Å². The summed E-state index contributed by atoms with van der Waals surface area (Å²) in [7, 11) is 2.50. The average molecular weight is 404 g/mol. The first-order chi connectivity index (χ1) is 13.0. The van der Waals surface area contributed by atoms with Crippen molar-refractivity contribution in [2.24, 2.45) is 0 Å². The van der Waals surface area contributed by atoms with Crippen molar-refractivity contribution in [3.8, 4) is 16.9 Å². The van der Waals surface area contributed by atoms with E-state index in [2.05, 4.69) is 0 Å². The topological polar surface area (TPSA) is 57.5 Å². The maximum absolute atomic E-state index is 12.5. The van der Waals surface area contributed by atoms with Gasteiger partial charge < -0.3 is 14.0 Å². The van der Waals surface area contributed by atoms with Gasteiger partial charge in [0.25, 0.3) is 0 Å². The molecular formula is C20H15Cl2NO4. The van der Waals surface area contributed by atoms with Gasteiger partial charge in [-0.25, -0.2) is 9.59 Å². The number of ether oxygens (including phenoxy) is 2. The van der Waals surface area contributed by atoms with Crippen molar-refractivity contribution in [2.45, 2.75) is 0 Å². The van der Waals surface area contributed by atoms with Crippen LogP contribution in [0.25, 0.3) is 16.9 Å². The van der Waals surface area contributed by atoms with E-state index in [4.69, 9.17) is 32.7 Å². The summed E-state index contributed by atoms with van der Waals surface area (Å²) in [4.78, 5) is 24.9. The van der Waals surface area contributed by atoms with Crippen molar-refractivity contribution >= 4 is 35.1 Å². The minimum absolute atomic E-state index is 0.0894. The summed E-state index contributed by atoms with van der Waals surface area (Å²) in [5.41, 5.74) is 1.98. The zero-order valence-electron chi connectivity index (χ0n) is 14.5. The quantitative estimate of drug-likeness (QED) is 0.573. The second-order valence-electron chi connectivity index (χ2n) is 5.58. The summed E-state index contributed by atoms with van der Waals surface area (Å²) in [5.74, 6) is -1.31. The van der Waals surface area contributed by atoms with Crippen LogP contribution < -0.4 is 0 Å². The van der Waals surface area contributed by atoms with Gasteiger partial charge >= 0.3 is 11.9 Å². The molecule has 0 aliphatic carbocycles. The lowest BCUT2D eigenvalue weighted by atomic mass is 10.0. The maximum atomic E-state index is 12.5. The number of methoxy groups -OCH3 is 2. The van der Waals surface area contributed by atoms with Gasteiger partial charge in [0.2, 0.25) is 0 Å². The van der Waals surface area contributed by atoms with Crippen LogP contribution in [0.1, 0.15) is 20.7 Å². The molecule has 5 nitrogen and oxygen atoms in total. The van der Waals surface area contributed by atoms with E-state index in [1.807, 2.05) is 30.3 Å². The van der Waals surface area contributed by atoms with Crippen LogP contribution >= 0.6 is 23.2 Å². The molecule has 0 unspecified atom stereocenters. The summed E-state index contributed by atoms with van der Waals surface area (Å²) in [6, 6.07) is 14.2. The first kappa shape index (κ1) is 19.0. The second-order valence-corrected chi connectivity index (χ2v) is 6.40. The molecule has 0 fully saturated rings. The van der Waals surface area contributed by atoms with Crippen molar-refractivity contribution in [1.29, 1.82) is 0 Å². The molecule has 0 aliphatic rings. The van der Waals surface area contributed by atoms with E-state index >= 15 is 0 Å². The number of hydrogen-bond acceptors (Lipinski definition) is 4. The third-order valence-corrected chi connectivity index (χ3v) is 4.77. The van der Waals surface area contributed by atoms with Gasteiger partial charge in [0.15, 0.2) is 0 Å². The fourth-order valence-corrected chi connectivity index (χ4v) is 3.10. The molecule has 7 heteroatoms. The predicted molar refractivity (Wildman–Crippen MR) is 104 cm³/mol. The Bertz CT molecular complexity index is 1010. The summed E-state index contributed by atoms with van der Waals surface area (Å²) in [5, 5.41) is 0.705. The van der Waals surface area contributed by atoms with Crippen LogP contribution in [0.2, 0.25) is 10.0 Å². The number of carbonyl (C=O) groups excluding carboxylic acids is 2. The fourth-order valence-electron chi connectivity index (χ4n) is 2.80. The SMILES string of the molecule is COC(=O)c1cn(-c2ccccc2)c(-c2ccc(Cl)c(Cl)c2)c1C(=O)OC. The molecule has 0 radical (unpaired) electrons. The molecule has 3 aromatic rings. The highest BCUT2D eigenvalue weighted by Crippen LogP contribution is 2.35. The van der Waals surface area contributed by atoms with Crippen LogP contribution in [-0.2, 0) is 9.47 Å². The van der Waals surface area contributed by atoms with Crippen molar-refractivity contribution in [3.05, 3.63) is 75.9 Å². The molecule has 1 aromatic heterocycles. The fraction of sp³-hybridized carbons (Fsp3) is 0.100. The molecule has 1 heterocycles. The zero-order chi connectivity index (χ0) is 19.6. The number of halogens is 2. The lowest BCUT2D eigenvalue weighted by Crippen LogP contribution is -2.10. The Morgan fingerprint density at radius 3 is 2.15 bits per heavy atom. The predicted octanol–water partition coefficient (Wildman–Crippen LogP) is 5.02. The molecule has 0 bridgehead atoms. The number of para-hydroxylation sites is 1. The van der Waals surface area contributed by atoms with Crippen LogP contribution in [0.5, 0.6) is 0 Å². The van der Waals surface area contributed by atoms with E-state index < -0.39 is 11.9 Å². The number of benzene rings is 2. The monoisotopic (exact) mass is 403 g/mol. The molecule has 0 spiro atoms. The van der Waals surface area contributed by atoms with Gasteiger partial charge in [-0.15, -0.1) is 0 Å².